The van der Waals surface area contributed by atoms with Crippen LogP contribution in [-0.2, 0) is 0 Å². The van der Waals surface area contributed by atoms with E-state index in [9.17, 15) is 5.11 Å². The molecule has 1 saturated heterocycles. The number of hydrogen-bond acceptors (Lipinski definition) is 3. The second-order valence-electron chi connectivity index (χ2n) is 7.82. The van der Waals surface area contributed by atoms with Gasteiger partial charge in [-0.25, -0.2) is 0 Å². The molecule has 0 aromatic heterocycles. The molecule has 1 aromatic rings. The lowest BCUT2D eigenvalue weighted by Crippen LogP contribution is -2.35. The fourth-order valence-corrected chi connectivity index (χ4v) is 4.21. The van der Waals surface area contributed by atoms with E-state index in [1.54, 1.807) is 0 Å². The van der Waals surface area contributed by atoms with Crippen LogP contribution in [0.5, 0.6) is 5.75 Å². The van der Waals surface area contributed by atoms with Crippen molar-refractivity contribution in [2.45, 2.75) is 63.9 Å². The molecule has 1 saturated carbocycles. The highest BCUT2D eigenvalue weighted by Gasteiger charge is 2.20. The molecule has 0 spiro atoms. The Kier molecular flexibility index (Phi) is 8.54. The van der Waals surface area contributed by atoms with E-state index in [4.69, 9.17) is 4.74 Å². The summed E-state index contributed by atoms with van der Waals surface area (Å²) in [6, 6.07) is 8.65. The van der Waals surface area contributed by atoms with E-state index in [1.807, 2.05) is 0 Å². The normalized spacial score (nSPS) is 27.5. The number of likely N-dealkylation sites (tertiary alicyclic amines) is 1. The zero-order valence-electron chi connectivity index (χ0n) is 15.5. The summed E-state index contributed by atoms with van der Waals surface area (Å²) in [6.07, 6.45) is 7.86. The molecule has 1 aromatic carbocycles. The Hall–Kier alpha value is -0.770. The Morgan fingerprint density at radius 3 is 2.48 bits per heavy atom. The molecule has 0 amide bonds. The molecule has 4 heteroatoms. The lowest BCUT2D eigenvalue weighted by molar-refractivity contribution is 0.122. The van der Waals surface area contributed by atoms with Gasteiger partial charge in [-0.05, 0) is 81.0 Å². The molecule has 3 nitrogen and oxygen atoms in total. The lowest BCUT2D eigenvalue weighted by Gasteiger charge is -2.30. The van der Waals surface area contributed by atoms with E-state index in [-0.39, 0.29) is 18.5 Å². The molecule has 0 bridgehead atoms. The first kappa shape index (κ1) is 20.5. The van der Waals surface area contributed by atoms with Crippen molar-refractivity contribution in [1.29, 1.82) is 0 Å². The van der Waals surface area contributed by atoms with Gasteiger partial charge in [0.25, 0.3) is 0 Å². The first-order valence-electron chi connectivity index (χ1n) is 9.84. The van der Waals surface area contributed by atoms with Crippen LogP contribution in [0.4, 0.5) is 0 Å². The Morgan fingerprint density at radius 1 is 1.08 bits per heavy atom. The number of aliphatic hydroxyl groups excluding tert-OH is 1. The zero-order valence-corrected chi connectivity index (χ0v) is 16.3. The number of hydrogen-bond donors (Lipinski definition) is 1. The van der Waals surface area contributed by atoms with Gasteiger partial charge in [0.05, 0.1) is 12.7 Å². The monoisotopic (exact) mass is 367 g/mol. The molecule has 0 radical (unpaired) electrons. The number of benzene rings is 1. The maximum absolute atomic E-state index is 9.62. The second kappa shape index (κ2) is 10.4. The molecular formula is C21H34ClNO2. The van der Waals surface area contributed by atoms with Crippen LogP contribution in [0.3, 0.4) is 0 Å². The summed E-state index contributed by atoms with van der Waals surface area (Å²) in [5, 5.41) is 9.62. The van der Waals surface area contributed by atoms with Crippen molar-refractivity contribution in [3.05, 3.63) is 29.8 Å². The maximum Gasteiger partial charge on any atom is 0.119 e. The van der Waals surface area contributed by atoms with E-state index < -0.39 is 0 Å². The number of aliphatic hydroxyl groups is 1. The third kappa shape index (κ3) is 6.47. The van der Waals surface area contributed by atoms with Crippen LogP contribution >= 0.6 is 12.4 Å². The van der Waals surface area contributed by atoms with E-state index in [1.165, 1.54) is 31.5 Å². The van der Waals surface area contributed by atoms with Crippen molar-refractivity contribution in [3.63, 3.8) is 0 Å². The van der Waals surface area contributed by atoms with Gasteiger partial charge in [-0.2, -0.15) is 0 Å². The zero-order chi connectivity index (χ0) is 16.8. The van der Waals surface area contributed by atoms with Gasteiger partial charge in [0.15, 0.2) is 0 Å². The van der Waals surface area contributed by atoms with Crippen molar-refractivity contribution >= 4 is 12.4 Å². The van der Waals surface area contributed by atoms with E-state index >= 15 is 0 Å². The minimum Gasteiger partial charge on any atom is -0.494 e. The van der Waals surface area contributed by atoms with Crippen molar-refractivity contribution in [1.82, 2.24) is 4.90 Å². The number of ether oxygens (including phenoxy) is 1. The average molecular weight is 368 g/mol. The second-order valence-corrected chi connectivity index (χ2v) is 7.82. The van der Waals surface area contributed by atoms with Crippen LogP contribution < -0.4 is 4.74 Å². The van der Waals surface area contributed by atoms with Gasteiger partial charge < -0.3 is 14.7 Å². The summed E-state index contributed by atoms with van der Waals surface area (Å²) in [4.78, 5) is 2.58. The molecule has 25 heavy (non-hydrogen) atoms. The predicted molar refractivity (Wildman–Crippen MR) is 106 cm³/mol. The Morgan fingerprint density at radius 2 is 1.80 bits per heavy atom. The molecule has 0 unspecified atom stereocenters. The van der Waals surface area contributed by atoms with Gasteiger partial charge in [-0.3, -0.25) is 0 Å². The Labute approximate surface area is 159 Å². The minimum absolute atomic E-state index is 0. The van der Waals surface area contributed by atoms with Crippen LogP contribution in [0, 0.1) is 5.92 Å². The van der Waals surface area contributed by atoms with Gasteiger partial charge in [-0.15, -0.1) is 12.4 Å². The maximum atomic E-state index is 9.62. The van der Waals surface area contributed by atoms with Crippen LogP contribution in [0.2, 0.25) is 0 Å². The molecule has 1 aliphatic heterocycles. The summed E-state index contributed by atoms with van der Waals surface area (Å²) < 4.78 is 5.92. The molecule has 1 heterocycles. The van der Waals surface area contributed by atoms with Crippen molar-refractivity contribution in [2.75, 3.05) is 26.2 Å². The molecule has 142 valence electrons. The fraction of sp³-hybridized carbons (Fsp3) is 0.714. The quantitative estimate of drug-likeness (QED) is 0.744. The molecule has 1 aliphatic carbocycles. The molecular weight excluding hydrogens is 334 g/mol. The summed E-state index contributed by atoms with van der Waals surface area (Å²) >= 11 is 0. The minimum atomic E-state index is -0.0771. The topological polar surface area (TPSA) is 32.7 Å². The molecule has 1 atom stereocenters. The third-order valence-corrected chi connectivity index (χ3v) is 5.68. The molecule has 1 N–H and O–H groups in total. The largest absolute Gasteiger partial charge is 0.494 e. The van der Waals surface area contributed by atoms with E-state index in [2.05, 4.69) is 36.1 Å². The number of rotatable bonds is 6. The molecule has 2 fully saturated rings. The summed E-state index contributed by atoms with van der Waals surface area (Å²) in [5.74, 6) is 2.46. The van der Waals surface area contributed by atoms with Crippen LogP contribution in [0.15, 0.2) is 24.3 Å². The van der Waals surface area contributed by atoms with Crippen molar-refractivity contribution < 1.29 is 9.84 Å². The van der Waals surface area contributed by atoms with Gasteiger partial charge >= 0.3 is 0 Å². The van der Waals surface area contributed by atoms with E-state index in [0.717, 1.165) is 56.9 Å². The fourth-order valence-electron chi connectivity index (χ4n) is 4.21. The van der Waals surface area contributed by atoms with Gasteiger partial charge in [0.1, 0.15) is 5.75 Å². The highest BCUT2D eigenvalue weighted by atomic mass is 35.5. The Bertz CT molecular complexity index is 485. The van der Waals surface area contributed by atoms with Crippen molar-refractivity contribution in [3.8, 4) is 5.75 Å². The standard InChI is InChI=1S/C21H33NO2.ClH/c1-17-4-2-13-22(16-17)14-3-15-24-21-11-7-19(8-12-21)18-5-9-20(23)10-6-18;/h7-8,11-12,17-18,20,23H,2-6,9-10,13-16H2,1H3;1H/t17-,18?,20?;/m0./s1. The van der Waals surface area contributed by atoms with Gasteiger partial charge in [-0.1, -0.05) is 19.1 Å². The SMILES string of the molecule is C[C@H]1CCCN(CCCOc2ccc(C3CCC(O)CC3)cc2)C1.Cl. The van der Waals surface area contributed by atoms with Gasteiger partial charge in [0, 0.05) is 13.1 Å². The van der Waals surface area contributed by atoms with Crippen LogP contribution in [-0.4, -0.2) is 42.4 Å². The van der Waals surface area contributed by atoms with E-state index in [0.29, 0.717) is 5.92 Å². The Balaban J connectivity index is 0.00000225. The smallest absolute Gasteiger partial charge is 0.119 e. The molecule has 3 rings (SSSR count). The lowest BCUT2D eigenvalue weighted by atomic mass is 9.83. The van der Waals surface area contributed by atoms with Crippen LogP contribution in [0.1, 0.15) is 63.4 Å². The molecule has 2 aliphatic rings. The highest BCUT2D eigenvalue weighted by Crippen LogP contribution is 2.33. The van der Waals surface area contributed by atoms with Crippen molar-refractivity contribution in [2.24, 2.45) is 5.92 Å². The van der Waals surface area contributed by atoms with Crippen LogP contribution in [0.25, 0.3) is 0 Å². The predicted octanol–water partition coefficient (Wildman–Crippen LogP) is 4.63. The average Bonchev–Trinajstić information content (AvgIpc) is 2.60. The number of halogens is 1. The number of piperidine rings is 1. The number of nitrogens with zero attached hydrogens (tertiary/aromatic N) is 1. The summed E-state index contributed by atoms with van der Waals surface area (Å²) in [5.41, 5.74) is 1.40. The van der Waals surface area contributed by atoms with Gasteiger partial charge in [0.2, 0.25) is 0 Å². The summed E-state index contributed by atoms with van der Waals surface area (Å²) in [7, 11) is 0. The first-order chi connectivity index (χ1) is 11.7. The first-order valence-corrected chi connectivity index (χ1v) is 9.84. The summed E-state index contributed by atoms with van der Waals surface area (Å²) in [6.45, 7) is 6.84. The third-order valence-electron chi connectivity index (χ3n) is 5.68. The highest BCUT2D eigenvalue weighted by molar-refractivity contribution is 5.85.